The largest absolute Gasteiger partial charge is 0.496 e. The Hall–Kier alpha value is -2.04. The lowest BCUT2D eigenvalue weighted by Crippen LogP contribution is -2.47. The van der Waals surface area contributed by atoms with Gasteiger partial charge in [-0.2, -0.15) is 0 Å². The van der Waals surface area contributed by atoms with Crippen LogP contribution in [-0.4, -0.2) is 18.9 Å². The normalized spacial score (nSPS) is 12.4. The zero-order valence-corrected chi connectivity index (χ0v) is 14.7. The molecule has 0 spiro atoms. The predicted octanol–water partition coefficient (Wildman–Crippen LogP) is 3.31. The van der Waals surface area contributed by atoms with Crippen molar-refractivity contribution in [2.45, 2.75) is 47.0 Å². The highest BCUT2D eigenvalue weighted by atomic mass is 16.5. The first-order valence-corrected chi connectivity index (χ1v) is 8.04. The van der Waals surface area contributed by atoms with Crippen molar-refractivity contribution in [3.63, 3.8) is 0 Å². The maximum absolute atomic E-state index is 12.4. The van der Waals surface area contributed by atoms with Gasteiger partial charge in [0.2, 0.25) is 5.91 Å². The van der Waals surface area contributed by atoms with E-state index < -0.39 is 0 Å². The molecule has 0 fully saturated rings. The Morgan fingerprint density at radius 2 is 1.83 bits per heavy atom. The number of methoxy groups -OCH3 is 1. The molecule has 1 unspecified atom stereocenters. The molecular formula is C18H28N2O3. The Labute approximate surface area is 138 Å². The molecule has 0 saturated carbocycles. The number of amides is 2. The van der Waals surface area contributed by atoms with E-state index in [2.05, 4.69) is 17.8 Å². The van der Waals surface area contributed by atoms with Crippen LogP contribution < -0.4 is 15.6 Å². The molecule has 1 aromatic carbocycles. The maximum atomic E-state index is 12.4. The molecule has 1 atom stereocenters. The molecule has 5 nitrogen and oxygen atoms in total. The summed E-state index contributed by atoms with van der Waals surface area (Å²) in [7, 11) is 1.51. The second-order valence-electron chi connectivity index (χ2n) is 6.70. The van der Waals surface area contributed by atoms with E-state index in [4.69, 9.17) is 4.74 Å². The van der Waals surface area contributed by atoms with Gasteiger partial charge in [0.25, 0.3) is 5.91 Å². The van der Waals surface area contributed by atoms with Crippen LogP contribution >= 0.6 is 0 Å². The van der Waals surface area contributed by atoms with Crippen molar-refractivity contribution in [1.82, 2.24) is 10.9 Å². The van der Waals surface area contributed by atoms with Crippen molar-refractivity contribution in [2.75, 3.05) is 7.11 Å². The Morgan fingerprint density at radius 3 is 2.39 bits per heavy atom. The van der Waals surface area contributed by atoms with Crippen LogP contribution in [0.1, 0.15) is 57.3 Å². The third-order valence-electron chi connectivity index (χ3n) is 3.86. The van der Waals surface area contributed by atoms with E-state index in [0.717, 1.165) is 19.3 Å². The van der Waals surface area contributed by atoms with Crippen LogP contribution in [0, 0.1) is 11.3 Å². The highest BCUT2D eigenvalue weighted by molar-refractivity contribution is 5.98. The fraction of sp³-hybridized carbons (Fsp3) is 0.556. The van der Waals surface area contributed by atoms with Crippen molar-refractivity contribution >= 4 is 11.8 Å². The summed E-state index contributed by atoms with van der Waals surface area (Å²) in [6.07, 6.45) is 2.82. The number of hydrogen-bond donors (Lipinski definition) is 2. The summed E-state index contributed by atoms with van der Waals surface area (Å²) in [5, 5.41) is 0. The number of ether oxygens (including phenoxy) is 1. The summed E-state index contributed by atoms with van der Waals surface area (Å²) in [4.78, 5) is 24.6. The molecule has 128 valence electrons. The topological polar surface area (TPSA) is 67.4 Å². The first-order chi connectivity index (χ1) is 10.8. The molecule has 0 heterocycles. The standard InChI is InChI=1S/C18H28N2O3/c1-6-7-11-14(18(2,3)4)17(22)20-19-16(21)13-10-8-9-12-15(13)23-5/h8-10,12,14H,6-7,11H2,1-5H3,(H,19,21)(H,20,22). The predicted molar refractivity (Wildman–Crippen MR) is 91.1 cm³/mol. The van der Waals surface area contributed by atoms with E-state index in [0.29, 0.717) is 11.3 Å². The van der Waals surface area contributed by atoms with E-state index in [1.54, 1.807) is 24.3 Å². The van der Waals surface area contributed by atoms with Crippen molar-refractivity contribution in [2.24, 2.45) is 11.3 Å². The second kappa shape index (κ2) is 8.56. The number of nitrogens with one attached hydrogen (secondary N) is 2. The molecule has 0 aliphatic heterocycles. The van der Waals surface area contributed by atoms with Crippen LogP contribution in [0.5, 0.6) is 5.75 Å². The van der Waals surface area contributed by atoms with Gasteiger partial charge in [-0.05, 0) is 24.0 Å². The lowest BCUT2D eigenvalue weighted by Gasteiger charge is -2.29. The van der Waals surface area contributed by atoms with Gasteiger partial charge < -0.3 is 4.74 Å². The number of rotatable bonds is 6. The van der Waals surface area contributed by atoms with Crippen LogP contribution in [0.15, 0.2) is 24.3 Å². The minimum Gasteiger partial charge on any atom is -0.496 e. The molecule has 0 aliphatic rings. The van der Waals surface area contributed by atoms with E-state index in [9.17, 15) is 9.59 Å². The van der Waals surface area contributed by atoms with Crippen molar-refractivity contribution in [3.05, 3.63) is 29.8 Å². The first-order valence-electron chi connectivity index (χ1n) is 8.04. The molecule has 2 N–H and O–H groups in total. The van der Waals surface area contributed by atoms with Gasteiger partial charge in [0.05, 0.1) is 12.7 Å². The zero-order valence-electron chi connectivity index (χ0n) is 14.7. The molecule has 23 heavy (non-hydrogen) atoms. The van der Waals surface area contributed by atoms with Crippen LogP contribution in [0.4, 0.5) is 0 Å². The van der Waals surface area contributed by atoms with Crippen LogP contribution in [0.3, 0.4) is 0 Å². The third-order valence-corrected chi connectivity index (χ3v) is 3.86. The highest BCUT2D eigenvalue weighted by Gasteiger charge is 2.30. The lowest BCUT2D eigenvalue weighted by molar-refractivity contribution is -0.129. The van der Waals surface area contributed by atoms with E-state index in [-0.39, 0.29) is 23.1 Å². The summed E-state index contributed by atoms with van der Waals surface area (Å²) < 4.78 is 5.15. The number of benzene rings is 1. The number of para-hydroxylation sites is 1. The Balaban J connectivity index is 2.71. The molecule has 0 aromatic heterocycles. The molecule has 0 radical (unpaired) electrons. The summed E-state index contributed by atoms with van der Waals surface area (Å²) in [6.45, 7) is 8.21. The fourth-order valence-electron chi connectivity index (χ4n) is 2.47. The molecule has 0 bridgehead atoms. The Morgan fingerprint density at radius 1 is 1.17 bits per heavy atom. The summed E-state index contributed by atoms with van der Waals surface area (Å²) >= 11 is 0. The van der Waals surface area contributed by atoms with Gasteiger partial charge in [0, 0.05) is 5.92 Å². The van der Waals surface area contributed by atoms with E-state index >= 15 is 0 Å². The number of hydrogen-bond acceptors (Lipinski definition) is 3. The number of hydrazine groups is 1. The van der Waals surface area contributed by atoms with E-state index in [1.807, 2.05) is 20.8 Å². The molecule has 1 aromatic rings. The molecule has 0 aliphatic carbocycles. The monoisotopic (exact) mass is 320 g/mol. The van der Waals surface area contributed by atoms with Gasteiger partial charge in [-0.1, -0.05) is 52.7 Å². The molecule has 5 heteroatoms. The third kappa shape index (κ3) is 5.58. The smallest absolute Gasteiger partial charge is 0.273 e. The fourth-order valence-corrected chi connectivity index (χ4v) is 2.47. The maximum Gasteiger partial charge on any atom is 0.273 e. The minimum absolute atomic E-state index is 0.152. The Bertz CT molecular complexity index is 535. The van der Waals surface area contributed by atoms with E-state index in [1.165, 1.54) is 7.11 Å². The molecular weight excluding hydrogens is 292 g/mol. The molecule has 2 amide bonds. The number of carbonyl (C=O) groups excluding carboxylic acids is 2. The molecule has 0 saturated heterocycles. The SMILES string of the molecule is CCCCC(C(=O)NNC(=O)c1ccccc1OC)C(C)(C)C. The summed E-state index contributed by atoms with van der Waals surface area (Å²) in [5.74, 6) is -0.230. The van der Waals surface area contributed by atoms with Gasteiger partial charge >= 0.3 is 0 Å². The van der Waals surface area contributed by atoms with Gasteiger partial charge in [0.15, 0.2) is 0 Å². The average molecular weight is 320 g/mol. The van der Waals surface area contributed by atoms with Crippen LogP contribution in [0.25, 0.3) is 0 Å². The zero-order chi connectivity index (χ0) is 17.5. The average Bonchev–Trinajstić information content (AvgIpc) is 2.51. The number of carbonyl (C=O) groups is 2. The minimum atomic E-state index is -0.390. The number of unbranched alkanes of at least 4 members (excludes halogenated alkanes) is 1. The second-order valence-corrected chi connectivity index (χ2v) is 6.70. The summed E-state index contributed by atoms with van der Waals surface area (Å²) in [5.41, 5.74) is 5.26. The van der Waals surface area contributed by atoms with Gasteiger partial charge in [-0.25, -0.2) is 0 Å². The molecule has 1 rings (SSSR count). The van der Waals surface area contributed by atoms with Crippen LogP contribution in [0.2, 0.25) is 0 Å². The lowest BCUT2D eigenvalue weighted by atomic mass is 9.77. The highest BCUT2D eigenvalue weighted by Crippen LogP contribution is 2.30. The van der Waals surface area contributed by atoms with Gasteiger partial charge in [-0.3, -0.25) is 20.4 Å². The van der Waals surface area contributed by atoms with Crippen LogP contribution in [-0.2, 0) is 4.79 Å². The van der Waals surface area contributed by atoms with Crippen molar-refractivity contribution in [3.8, 4) is 5.75 Å². The Kier molecular flexibility index (Phi) is 7.07. The first kappa shape index (κ1) is 19.0. The summed E-state index contributed by atoms with van der Waals surface area (Å²) in [6, 6.07) is 6.89. The quantitative estimate of drug-likeness (QED) is 0.790. The van der Waals surface area contributed by atoms with Crippen molar-refractivity contribution in [1.29, 1.82) is 0 Å². The van der Waals surface area contributed by atoms with Gasteiger partial charge in [-0.15, -0.1) is 0 Å². The van der Waals surface area contributed by atoms with Gasteiger partial charge in [0.1, 0.15) is 5.75 Å². The van der Waals surface area contributed by atoms with Crippen molar-refractivity contribution < 1.29 is 14.3 Å².